The van der Waals surface area contributed by atoms with E-state index in [9.17, 15) is 0 Å². The van der Waals surface area contributed by atoms with E-state index in [1.165, 1.54) is 0 Å². The molecule has 0 saturated heterocycles. The summed E-state index contributed by atoms with van der Waals surface area (Å²) in [5.74, 6) is 1.59. The van der Waals surface area contributed by atoms with Crippen LogP contribution in [-0.2, 0) is 0 Å². The first-order valence-electron chi connectivity index (χ1n) is 5.35. The number of hydrogen-bond donors (Lipinski definition) is 1. The minimum absolute atomic E-state index is 0. The van der Waals surface area contributed by atoms with Crippen molar-refractivity contribution in [3.05, 3.63) is 24.3 Å². The van der Waals surface area contributed by atoms with E-state index in [0.29, 0.717) is 6.61 Å². The van der Waals surface area contributed by atoms with Crippen LogP contribution in [0.3, 0.4) is 0 Å². The number of ether oxygens (including phenoxy) is 2. The van der Waals surface area contributed by atoms with E-state index in [1.807, 2.05) is 24.3 Å². The van der Waals surface area contributed by atoms with E-state index >= 15 is 0 Å². The number of rotatable bonds is 7. The predicted molar refractivity (Wildman–Crippen MR) is 68.9 cm³/mol. The standard InChI is InChI=1S/C12H19NO2.ClH/c1-3-8-13-9-10-15-12-7-5-4-6-11(12)14-2;/h4-7,13H,3,8-10H2,1-2H3;1H. The summed E-state index contributed by atoms with van der Waals surface area (Å²) >= 11 is 0. The Kier molecular flexibility index (Phi) is 8.77. The van der Waals surface area contributed by atoms with Gasteiger partial charge in [0.25, 0.3) is 0 Å². The lowest BCUT2D eigenvalue weighted by Gasteiger charge is -2.10. The zero-order chi connectivity index (χ0) is 10.9. The van der Waals surface area contributed by atoms with Gasteiger partial charge in [-0.2, -0.15) is 0 Å². The Bertz CT molecular complexity index is 281. The van der Waals surface area contributed by atoms with Crippen molar-refractivity contribution in [2.75, 3.05) is 26.8 Å². The summed E-state index contributed by atoms with van der Waals surface area (Å²) in [6.45, 7) is 4.72. The van der Waals surface area contributed by atoms with Gasteiger partial charge in [0.05, 0.1) is 7.11 Å². The van der Waals surface area contributed by atoms with Crippen molar-refractivity contribution >= 4 is 12.4 Å². The summed E-state index contributed by atoms with van der Waals surface area (Å²) in [4.78, 5) is 0. The van der Waals surface area contributed by atoms with Gasteiger partial charge < -0.3 is 14.8 Å². The minimum atomic E-state index is 0. The van der Waals surface area contributed by atoms with Crippen LogP contribution in [0.15, 0.2) is 24.3 Å². The van der Waals surface area contributed by atoms with E-state index in [1.54, 1.807) is 7.11 Å². The molecule has 4 heteroatoms. The van der Waals surface area contributed by atoms with Gasteiger partial charge in [-0.1, -0.05) is 19.1 Å². The normalized spacial score (nSPS) is 9.38. The molecule has 1 rings (SSSR count). The van der Waals surface area contributed by atoms with Gasteiger partial charge in [0.1, 0.15) is 6.61 Å². The molecular formula is C12H20ClNO2. The molecule has 0 fully saturated rings. The molecule has 0 spiro atoms. The van der Waals surface area contributed by atoms with Gasteiger partial charge in [-0.05, 0) is 25.1 Å². The van der Waals surface area contributed by atoms with Crippen LogP contribution in [0.5, 0.6) is 11.5 Å². The number of nitrogens with one attached hydrogen (secondary N) is 1. The van der Waals surface area contributed by atoms with Crippen LogP contribution in [0.25, 0.3) is 0 Å². The van der Waals surface area contributed by atoms with Crippen LogP contribution < -0.4 is 14.8 Å². The summed E-state index contributed by atoms with van der Waals surface area (Å²) in [5, 5.41) is 3.28. The quantitative estimate of drug-likeness (QED) is 0.749. The molecule has 1 aromatic carbocycles. The molecule has 0 atom stereocenters. The van der Waals surface area contributed by atoms with Crippen LogP contribution in [0, 0.1) is 0 Å². The molecule has 0 aliphatic rings. The maximum atomic E-state index is 5.59. The fraction of sp³-hybridized carbons (Fsp3) is 0.500. The first kappa shape index (κ1) is 15.1. The van der Waals surface area contributed by atoms with Gasteiger partial charge in [-0.3, -0.25) is 0 Å². The van der Waals surface area contributed by atoms with E-state index in [-0.39, 0.29) is 12.4 Å². The second-order valence-electron chi connectivity index (χ2n) is 3.25. The van der Waals surface area contributed by atoms with Crippen LogP contribution >= 0.6 is 12.4 Å². The largest absolute Gasteiger partial charge is 0.493 e. The SMILES string of the molecule is CCCNCCOc1ccccc1OC.Cl. The third-order valence-electron chi connectivity index (χ3n) is 2.03. The summed E-state index contributed by atoms with van der Waals surface area (Å²) in [5.41, 5.74) is 0. The Labute approximate surface area is 104 Å². The Morgan fingerprint density at radius 1 is 1.12 bits per heavy atom. The maximum absolute atomic E-state index is 5.59. The van der Waals surface area contributed by atoms with Crippen LogP contribution in [0.1, 0.15) is 13.3 Å². The number of para-hydroxylation sites is 2. The molecule has 0 radical (unpaired) electrons. The average molecular weight is 246 g/mol. The molecule has 0 heterocycles. The van der Waals surface area contributed by atoms with Crippen molar-refractivity contribution in [3.63, 3.8) is 0 Å². The highest BCUT2D eigenvalue weighted by Crippen LogP contribution is 2.25. The molecule has 16 heavy (non-hydrogen) atoms. The average Bonchev–Trinajstić information content (AvgIpc) is 2.29. The fourth-order valence-corrected chi connectivity index (χ4v) is 1.27. The van der Waals surface area contributed by atoms with Gasteiger partial charge in [-0.25, -0.2) is 0 Å². The van der Waals surface area contributed by atoms with Crippen LogP contribution in [0.2, 0.25) is 0 Å². The Hall–Kier alpha value is -0.930. The molecule has 92 valence electrons. The zero-order valence-corrected chi connectivity index (χ0v) is 10.7. The number of benzene rings is 1. The molecule has 0 aromatic heterocycles. The van der Waals surface area contributed by atoms with Crippen molar-refractivity contribution in [1.29, 1.82) is 0 Å². The molecule has 0 amide bonds. The summed E-state index contributed by atoms with van der Waals surface area (Å²) in [7, 11) is 1.65. The van der Waals surface area contributed by atoms with Gasteiger partial charge in [0, 0.05) is 6.54 Å². The van der Waals surface area contributed by atoms with E-state index < -0.39 is 0 Å². The zero-order valence-electron chi connectivity index (χ0n) is 9.86. The molecule has 0 unspecified atom stereocenters. The molecule has 1 aromatic rings. The Balaban J connectivity index is 0.00000225. The number of methoxy groups -OCH3 is 1. The molecule has 1 N–H and O–H groups in total. The van der Waals surface area contributed by atoms with Crippen molar-refractivity contribution in [2.24, 2.45) is 0 Å². The highest BCUT2D eigenvalue weighted by Gasteiger charge is 2.00. The summed E-state index contributed by atoms with van der Waals surface area (Å²) in [6, 6.07) is 7.69. The van der Waals surface area contributed by atoms with E-state index in [4.69, 9.17) is 9.47 Å². The van der Waals surface area contributed by atoms with Crippen molar-refractivity contribution < 1.29 is 9.47 Å². The lowest BCUT2D eigenvalue weighted by Crippen LogP contribution is -2.21. The van der Waals surface area contributed by atoms with Crippen LogP contribution in [-0.4, -0.2) is 26.8 Å². The van der Waals surface area contributed by atoms with Gasteiger partial charge in [0.15, 0.2) is 11.5 Å². The third kappa shape index (κ3) is 5.24. The third-order valence-corrected chi connectivity index (χ3v) is 2.03. The first-order valence-corrected chi connectivity index (χ1v) is 5.35. The number of halogens is 1. The lowest BCUT2D eigenvalue weighted by molar-refractivity contribution is 0.292. The molecular weight excluding hydrogens is 226 g/mol. The Morgan fingerprint density at radius 3 is 2.44 bits per heavy atom. The van der Waals surface area contributed by atoms with E-state index in [0.717, 1.165) is 31.0 Å². The number of hydrogen-bond acceptors (Lipinski definition) is 3. The highest BCUT2D eigenvalue weighted by molar-refractivity contribution is 5.85. The van der Waals surface area contributed by atoms with Gasteiger partial charge >= 0.3 is 0 Å². The monoisotopic (exact) mass is 245 g/mol. The van der Waals surface area contributed by atoms with Gasteiger partial charge in [-0.15, -0.1) is 12.4 Å². The second kappa shape index (κ2) is 9.31. The van der Waals surface area contributed by atoms with Crippen LogP contribution in [0.4, 0.5) is 0 Å². The summed E-state index contributed by atoms with van der Waals surface area (Å²) in [6.07, 6.45) is 1.15. The topological polar surface area (TPSA) is 30.5 Å². The minimum Gasteiger partial charge on any atom is -0.493 e. The highest BCUT2D eigenvalue weighted by atomic mass is 35.5. The van der Waals surface area contributed by atoms with Crippen molar-refractivity contribution in [2.45, 2.75) is 13.3 Å². The molecule has 0 aliphatic carbocycles. The second-order valence-corrected chi connectivity index (χ2v) is 3.25. The predicted octanol–water partition coefficient (Wildman–Crippen LogP) is 2.50. The van der Waals surface area contributed by atoms with Crippen molar-refractivity contribution in [1.82, 2.24) is 5.32 Å². The molecule has 0 bridgehead atoms. The van der Waals surface area contributed by atoms with E-state index in [2.05, 4.69) is 12.2 Å². The molecule has 0 aliphatic heterocycles. The molecule has 0 saturated carbocycles. The summed E-state index contributed by atoms with van der Waals surface area (Å²) < 4.78 is 10.8. The van der Waals surface area contributed by atoms with Gasteiger partial charge in [0.2, 0.25) is 0 Å². The Morgan fingerprint density at radius 2 is 1.81 bits per heavy atom. The first-order chi connectivity index (χ1) is 7.38. The van der Waals surface area contributed by atoms with Crippen molar-refractivity contribution in [3.8, 4) is 11.5 Å². The molecule has 3 nitrogen and oxygen atoms in total. The smallest absolute Gasteiger partial charge is 0.161 e. The maximum Gasteiger partial charge on any atom is 0.161 e. The fourth-order valence-electron chi connectivity index (χ4n) is 1.27. The lowest BCUT2D eigenvalue weighted by atomic mass is 10.3.